The molecule has 0 bridgehead atoms. The van der Waals surface area contributed by atoms with Crippen molar-refractivity contribution < 1.29 is 9.90 Å². The molecule has 0 saturated carbocycles. The number of carbonyl (C=O) groups is 1. The van der Waals surface area contributed by atoms with Crippen LogP contribution in [-0.2, 0) is 0 Å². The highest BCUT2D eigenvalue weighted by Crippen LogP contribution is 2.24. The second-order valence-corrected chi connectivity index (χ2v) is 7.23. The zero-order valence-corrected chi connectivity index (χ0v) is 13.5. The molecule has 1 saturated heterocycles. The molecule has 0 spiro atoms. The van der Waals surface area contributed by atoms with E-state index in [1.165, 1.54) is 11.3 Å². The number of anilines is 1. The number of nitrogens with one attached hydrogen (secondary N) is 1. The summed E-state index contributed by atoms with van der Waals surface area (Å²) in [7, 11) is 0. The highest BCUT2D eigenvalue weighted by molar-refractivity contribution is 7.99. The molecule has 5 nitrogen and oxygen atoms in total. The predicted molar refractivity (Wildman–Crippen MR) is 84.7 cm³/mol. The number of aliphatic hydroxyl groups excluding tert-OH is 1. The minimum Gasteiger partial charge on any atom is -0.395 e. The fraction of sp³-hybridized carbons (Fsp3) is 0.692. The smallest absolute Gasteiger partial charge is 0.324 e. The third kappa shape index (κ3) is 3.86. The van der Waals surface area contributed by atoms with E-state index in [4.69, 9.17) is 0 Å². The Morgan fingerprint density at radius 3 is 2.90 bits per heavy atom. The van der Waals surface area contributed by atoms with E-state index in [1.807, 2.05) is 25.6 Å². The summed E-state index contributed by atoms with van der Waals surface area (Å²) in [4.78, 5) is 19.6. The molecule has 1 fully saturated rings. The van der Waals surface area contributed by atoms with Crippen molar-refractivity contribution in [3.8, 4) is 0 Å². The zero-order chi connectivity index (χ0) is 14.5. The number of nitrogens with zero attached hydrogens (tertiary/aromatic N) is 2. The molecular formula is C13H21N3O2S2. The number of hydrogen-bond donors (Lipinski definition) is 2. The monoisotopic (exact) mass is 315 g/mol. The third-order valence-electron chi connectivity index (χ3n) is 3.42. The molecule has 2 N–H and O–H groups in total. The molecule has 2 rings (SSSR count). The van der Waals surface area contributed by atoms with Crippen LogP contribution in [0.15, 0.2) is 0 Å². The number of rotatable bonds is 4. The third-order valence-corrected chi connectivity index (χ3v) is 5.61. The van der Waals surface area contributed by atoms with Crippen LogP contribution in [0, 0.1) is 13.8 Å². The van der Waals surface area contributed by atoms with Gasteiger partial charge in [-0.05, 0) is 32.4 Å². The quantitative estimate of drug-likeness (QED) is 0.896. The Kier molecular flexibility index (Phi) is 5.68. The maximum absolute atomic E-state index is 12.4. The van der Waals surface area contributed by atoms with Gasteiger partial charge in [0, 0.05) is 23.2 Å². The van der Waals surface area contributed by atoms with Crippen LogP contribution in [0.25, 0.3) is 0 Å². The lowest BCUT2D eigenvalue weighted by Crippen LogP contribution is -2.46. The van der Waals surface area contributed by atoms with Crippen LogP contribution in [0.1, 0.15) is 23.4 Å². The molecule has 20 heavy (non-hydrogen) atoms. The fourth-order valence-electron chi connectivity index (χ4n) is 2.22. The SMILES string of the molecule is Cc1nc(NC(=O)N(CCO)[C@H]2CCCSC2)sc1C. The van der Waals surface area contributed by atoms with Crippen molar-refractivity contribution in [3.63, 3.8) is 0 Å². The summed E-state index contributed by atoms with van der Waals surface area (Å²) in [6.07, 6.45) is 2.14. The topological polar surface area (TPSA) is 65.5 Å². The van der Waals surface area contributed by atoms with Crippen LogP contribution >= 0.6 is 23.1 Å². The molecule has 0 aliphatic carbocycles. The Balaban J connectivity index is 2.02. The number of aromatic nitrogens is 1. The average molecular weight is 315 g/mol. The molecule has 0 radical (unpaired) electrons. The highest BCUT2D eigenvalue weighted by Gasteiger charge is 2.25. The van der Waals surface area contributed by atoms with E-state index in [0.29, 0.717) is 11.7 Å². The number of aryl methyl sites for hydroxylation is 2. The molecule has 112 valence electrons. The summed E-state index contributed by atoms with van der Waals surface area (Å²) in [5.74, 6) is 2.11. The second-order valence-electron chi connectivity index (χ2n) is 4.88. The van der Waals surface area contributed by atoms with Gasteiger partial charge in [-0.25, -0.2) is 9.78 Å². The lowest BCUT2D eigenvalue weighted by atomic mass is 10.1. The Hall–Kier alpha value is -0.790. The summed E-state index contributed by atoms with van der Waals surface area (Å²) >= 11 is 3.36. The highest BCUT2D eigenvalue weighted by atomic mass is 32.2. The van der Waals surface area contributed by atoms with Gasteiger partial charge in [-0.2, -0.15) is 11.8 Å². The van der Waals surface area contributed by atoms with E-state index in [2.05, 4.69) is 10.3 Å². The first-order chi connectivity index (χ1) is 9.61. The summed E-state index contributed by atoms with van der Waals surface area (Å²) in [5, 5.41) is 12.7. The van der Waals surface area contributed by atoms with Gasteiger partial charge < -0.3 is 10.0 Å². The Labute approximate surface area is 127 Å². The summed E-state index contributed by atoms with van der Waals surface area (Å²) in [6.45, 7) is 4.29. The maximum atomic E-state index is 12.4. The fourth-order valence-corrected chi connectivity index (χ4v) is 4.18. The predicted octanol–water partition coefficient (Wildman–Crippen LogP) is 2.48. The normalized spacial score (nSPS) is 18.9. The lowest BCUT2D eigenvalue weighted by Gasteiger charge is -2.33. The van der Waals surface area contributed by atoms with Crippen LogP contribution in [0.3, 0.4) is 0 Å². The second kappa shape index (κ2) is 7.28. The van der Waals surface area contributed by atoms with Crippen molar-refractivity contribution in [2.24, 2.45) is 0 Å². The van der Waals surface area contributed by atoms with Crippen molar-refractivity contribution in [1.82, 2.24) is 9.88 Å². The Morgan fingerprint density at radius 1 is 1.55 bits per heavy atom. The first-order valence-electron chi connectivity index (χ1n) is 6.82. The molecule has 0 aromatic carbocycles. The number of amides is 2. The average Bonchev–Trinajstić information content (AvgIpc) is 2.75. The molecule has 1 aliphatic heterocycles. The van der Waals surface area contributed by atoms with Gasteiger partial charge in [0.15, 0.2) is 5.13 Å². The van der Waals surface area contributed by atoms with Gasteiger partial charge in [-0.3, -0.25) is 5.32 Å². The number of aliphatic hydroxyl groups is 1. The number of thioether (sulfide) groups is 1. The molecule has 0 unspecified atom stereocenters. The van der Waals surface area contributed by atoms with Crippen LogP contribution in [0.5, 0.6) is 0 Å². The van der Waals surface area contributed by atoms with Crippen LogP contribution in [0.4, 0.5) is 9.93 Å². The van der Waals surface area contributed by atoms with Crippen molar-refractivity contribution in [1.29, 1.82) is 0 Å². The molecule has 1 aromatic rings. The van der Waals surface area contributed by atoms with E-state index in [0.717, 1.165) is 34.9 Å². The van der Waals surface area contributed by atoms with Gasteiger partial charge in [0.1, 0.15) is 0 Å². The first-order valence-corrected chi connectivity index (χ1v) is 8.79. The zero-order valence-electron chi connectivity index (χ0n) is 11.9. The number of thiazole rings is 1. The van der Waals surface area contributed by atoms with Crippen LogP contribution < -0.4 is 5.32 Å². The number of carbonyl (C=O) groups excluding carboxylic acids is 1. The number of hydrogen-bond acceptors (Lipinski definition) is 5. The van der Waals surface area contributed by atoms with Crippen molar-refractivity contribution in [2.75, 3.05) is 30.0 Å². The Morgan fingerprint density at radius 2 is 2.35 bits per heavy atom. The van der Waals surface area contributed by atoms with Gasteiger partial charge >= 0.3 is 6.03 Å². The van der Waals surface area contributed by atoms with E-state index in [1.54, 1.807) is 4.90 Å². The largest absolute Gasteiger partial charge is 0.395 e. The molecule has 1 aliphatic rings. The molecule has 2 amide bonds. The van der Waals surface area contributed by atoms with Gasteiger partial charge in [-0.1, -0.05) is 0 Å². The van der Waals surface area contributed by atoms with Crippen molar-refractivity contribution >= 4 is 34.3 Å². The lowest BCUT2D eigenvalue weighted by molar-refractivity contribution is 0.164. The van der Waals surface area contributed by atoms with E-state index < -0.39 is 0 Å². The summed E-state index contributed by atoms with van der Waals surface area (Å²) in [5.41, 5.74) is 0.951. The summed E-state index contributed by atoms with van der Waals surface area (Å²) < 4.78 is 0. The molecule has 1 atom stereocenters. The maximum Gasteiger partial charge on any atom is 0.324 e. The van der Waals surface area contributed by atoms with Crippen LogP contribution in [-0.4, -0.2) is 51.7 Å². The minimum atomic E-state index is -0.152. The van der Waals surface area contributed by atoms with Crippen molar-refractivity contribution in [3.05, 3.63) is 10.6 Å². The van der Waals surface area contributed by atoms with Gasteiger partial charge in [0.2, 0.25) is 0 Å². The van der Waals surface area contributed by atoms with E-state index in [9.17, 15) is 9.90 Å². The standard InChI is InChI=1S/C13H21N3O2S2/c1-9-10(2)20-12(14-9)15-13(18)16(5-6-17)11-4-3-7-19-8-11/h11,17H,3-8H2,1-2H3,(H,14,15,18)/t11-/m0/s1. The van der Waals surface area contributed by atoms with Gasteiger partial charge in [0.05, 0.1) is 12.3 Å². The Bertz CT molecular complexity index is 439. The van der Waals surface area contributed by atoms with Gasteiger partial charge in [0.25, 0.3) is 0 Å². The van der Waals surface area contributed by atoms with Crippen molar-refractivity contribution in [2.45, 2.75) is 32.7 Å². The summed E-state index contributed by atoms with van der Waals surface area (Å²) in [6, 6.07) is 0.0587. The van der Waals surface area contributed by atoms with E-state index >= 15 is 0 Å². The molecule has 1 aromatic heterocycles. The van der Waals surface area contributed by atoms with Gasteiger partial charge in [-0.15, -0.1) is 11.3 Å². The number of urea groups is 1. The molecular weight excluding hydrogens is 294 g/mol. The first kappa shape index (κ1) is 15.6. The molecule has 7 heteroatoms. The van der Waals surface area contributed by atoms with Crippen LogP contribution in [0.2, 0.25) is 0 Å². The minimum absolute atomic E-state index is 0.00941. The van der Waals surface area contributed by atoms with E-state index in [-0.39, 0.29) is 18.7 Å². The molecule has 2 heterocycles.